The van der Waals surface area contributed by atoms with Crippen molar-refractivity contribution in [3.8, 4) is 5.75 Å². The minimum absolute atomic E-state index is 0.180. The topological polar surface area (TPSA) is 77.5 Å². The summed E-state index contributed by atoms with van der Waals surface area (Å²) in [7, 11) is -3.63. The van der Waals surface area contributed by atoms with Crippen molar-refractivity contribution in [2.24, 2.45) is 0 Å². The maximum absolute atomic E-state index is 12.3. The minimum atomic E-state index is -3.63. The molecule has 0 bridgehead atoms. The Bertz CT molecular complexity index is 744. The summed E-state index contributed by atoms with van der Waals surface area (Å²) >= 11 is 0. The fourth-order valence-corrected chi connectivity index (χ4v) is 3.62. The molecule has 2 aromatic rings. The Kier molecular flexibility index (Phi) is 4.78. The molecule has 6 nitrogen and oxygen atoms in total. The summed E-state index contributed by atoms with van der Waals surface area (Å²) in [5, 5.41) is 0. The fraction of sp³-hybridized carbons (Fsp3) is 0.312. The molecule has 0 amide bonds. The molecule has 1 aromatic heterocycles. The quantitative estimate of drug-likeness (QED) is 0.878. The van der Waals surface area contributed by atoms with Gasteiger partial charge >= 0.3 is 0 Å². The highest BCUT2D eigenvalue weighted by molar-refractivity contribution is 7.93. The number of hydrogen-bond donors (Lipinski definition) is 1. The van der Waals surface area contributed by atoms with Gasteiger partial charge in [0.05, 0.1) is 0 Å². The van der Waals surface area contributed by atoms with Crippen LogP contribution in [0.3, 0.4) is 0 Å². The van der Waals surface area contributed by atoms with Crippen molar-refractivity contribution < 1.29 is 17.9 Å². The van der Waals surface area contributed by atoms with E-state index >= 15 is 0 Å². The lowest BCUT2D eigenvalue weighted by molar-refractivity contribution is 0.166. The number of pyridine rings is 1. The van der Waals surface area contributed by atoms with Crippen molar-refractivity contribution in [2.45, 2.75) is 24.9 Å². The van der Waals surface area contributed by atoms with Crippen LogP contribution in [0.4, 0.5) is 5.82 Å². The number of nitrogens with one attached hydrogen (secondary N) is 1. The highest BCUT2D eigenvalue weighted by Crippen LogP contribution is 2.26. The van der Waals surface area contributed by atoms with Gasteiger partial charge in [-0.1, -0.05) is 30.3 Å². The molecule has 1 saturated heterocycles. The summed E-state index contributed by atoms with van der Waals surface area (Å²) in [4.78, 5) is 4.08. The Morgan fingerprint density at radius 3 is 2.78 bits per heavy atom. The van der Waals surface area contributed by atoms with Crippen LogP contribution in [0.25, 0.3) is 0 Å². The van der Waals surface area contributed by atoms with Crippen LogP contribution in [-0.2, 0) is 21.4 Å². The lowest BCUT2D eigenvalue weighted by Crippen LogP contribution is -2.27. The first-order chi connectivity index (χ1) is 11.1. The Hall–Kier alpha value is -2.12. The lowest BCUT2D eigenvalue weighted by atomic mass is 10.2. The van der Waals surface area contributed by atoms with Crippen molar-refractivity contribution >= 4 is 15.8 Å². The van der Waals surface area contributed by atoms with E-state index in [2.05, 4.69) is 9.71 Å². The van der Waals surface area contributed by atoms with Crippen LogP contribution in [0.5, 0.6) is 5.75 Å². The molecule has 1 N–H and O–H groups in total. The fourth-order valence-electron chi connectivity index (χ4n) is 2.31. The van der Waals surface area contributed by atoms with Crippen LogP contribution >= 0.6 is 0 Å². The molecule has 7 heteroatoms. The summed E-state index contributed by atoms with van der Waals surface area (Å²) in [6.07, 6.45) is 2.75. The van der Waals surface area contributed by atoms with Gasteiger partial charge in [-0.2, -0.15) is 0 Å². The van der Waals surface area contributed by atoms with E-state index in [1.54, 1.807) is 12.1 Å². The average Bonchev–Trinajstić information content (AvgIpc) is 3.10. The molecule has 1 aromatic carbocycles. The van der Waals surface area contributed by atoms with Gasteiger partial charge in [0.1, 0.15) is 6.61 Å². The van der Waals surface area contributed by atoms with E-state index in [4.69, 9.17) is 9.47 Å². The van der Waals surface area contributed by atoms with Gasteiger partial charge in [0.25, 0.3) is 10.0 Å². The van der Waals surface area contributed by atoms with E-state index < -0.39 is 15.5 Å². The summed E-state index contributed by atoms with van der Waals surface area (Å²) in [5.41, 5.74) is 0.163. The number of nitrogens with zero attached hydrogens (tertiary/aromatic N) is 1. The third-order valence-corrected chi connectivity index (χ3v) is 5.02. The highest BCUT2D eigenvalue weighted by Gasteiger charge is 2.30. The molecule has 1 aliphatic heterocycles. The molecule has 23 heavy (non-hydrogen) atoms. The van der Waals surface area contributed by atoms with Gasteiger partial charge in [-0.25, -0.2) is 13.4 Å². The number of anilines is 1. The second-order valence-corrected chi connectivity index (χ2v) is 7.03. The van der Waals surface area contributed by atoms with Gasteiger partial charge in [-0.3, -0.25) is 4.72 Å². The highest BCUT2D eigenvalue weighted by atomic mass is 32.2. The average molecular weight is 334 g/mol. The van der Waals surface area contributed by atoms with Crippen molar-refractivity contribution in [3.63, 3.8) is 0 Å². The standard InChI is InChI=1S/C16H18N2O4S/c19-23(20,15-9-5-11-21-15)18-16-14(8-4-10-17-16)22-12-13-6-2-1-3-7-13/h1-4,6-8,10,15H,5,9,11-12H2,(H,17,18). The summed E-state index contributed by atoms with van der Waals surface area (Å²) in [5.74, 6) is 0.567. The first-order valence-corrected chi connectivity index (χ1v) is 8.95. The molecular formula is C16H18N2O4S. The first-order valence-electron chi connectivity index (χ1n) is 7.40. The van der Waals surface area contributed by atoms with Gasteiger partial charge in [0, 0.05) is 12.8 Å². The van der Waals surface area contributed by atoms with Crippen LogP contribution in [0.2, 0.25) is 0 Å². The van der Waals surface area contributed by atoms with E-state index in [-0.39, 0.29) is 5.82 Å². The maximum atomic E-state index is 12.3. The van der Waals surface area contributed by atoms with Crippen LogP contribution in [0.15, 0.2) is 48.7 Å². The van der Waals surface area contributed by atoms with Gasteiger partial charge in [-0.15, -0.1) is 0 Å². The number of aromatic nitrogens is 1. The van der Waals surface area contributed by atoms with E-state index in [0.29, 0.717) is 25.4 Å². The SMILES string of the molecule is O=S(=O)(Nc1ncccc1OCc1ccccc1)C1CCCO1. The minimum Gasteiger partial charge on any atom is -0.485 e. The maximum Gasteiger partial charge on any atom is 0.261 e. The number of rotatable bonds is 6. The molecule has 1 atom stereocenters. The molecule has 1 aliphatic rings. The van der Waals surface area contributed by atoms with E-state index in [1.165, 1.54) is 6.20 Å². The van der Waals surface area contributed by atoms with Crippen LogP contribution < -0.4 is 9.46 Å². The molecule has 0 radical (unpaired) electrons. The summed E-state index contributed by atoms with van der Waals surface area (Å²) < 4.78 is 38.0. The molecule has 3 rings (SSSR count). The molecular weight excluding hydrogens is 316 g/mol. The molecule has 1 fully saturated rings. The predicted molar refractivity (Wildman–Crippen MR) is 86.5 cm³/mol. The number of ether oxygens (including phenoxy) is 2. The number of hydrogen-bond acceptors (Lipinski definition) is 5. The predicted octanol–water partition coefficient (Wildman–Crippen LogP) is 2.54. The Balaban J connectivity index is 1.73. The molecule has 0 aliphatic carbocycles. The molecule has 0 spiro atoms. The van der Waals surface area contributed by atoms with Gasteiger partial charge in [0.2, 0.25) is 0 Å². The number of sulfonamides is 1. The zero-order chi connectivity index (χ0) is 16.1. The largest absolute Gasteiger partial charge is 0.485 e. The normalized spacial score (nSPS) is 17.8. The van der Waals surface area contributed by atoms with Crippen LogP contribution in [0.1, 0.15) is 18.4 Å². The van der Waals surface area contributed by atoms with E-state index in [9.17, 15) is 8.42 Å². The van der Waals surface area contributed by atoms with Crippen LogP contribution in [0, 0.1) is 0 Å². The Morgan fingerprint density at radius 1 is 1.22 bits per heavy atom. The van der Waals surface area contributed by atoms with Crippen molar-refractivity contribution in [1.82, 2.24) is 4.98 Å². The van der Waals surface area contributed by atoms with E-state index in [1.807, 2.05) is 30.3 Å². The molecule has 2 heterocycles. The smallest absolute Gasteiger partial charge is 0.261 e. The van der Waals surface area contributed by atoms with Crippen molar-refractivity contribution in [1.29, 1.82) is 0 Å². The second kappa shape index (κ2) is 6.97. The third-order valence-electron chi connectivity index (χ3n) is 3.48. The zero-order valence-electron chi connectivity index (χ0n) is 12.5. The van der Waals surface area contributed by atoms with E-state index in [0.717, 1.165) is 12.0 Å². The molecule has 122 valence electrons. The monoisotopic (exact) mass is 334 g/mol. The third kappa shape index (κ3) is 4.00. The number of benzene rings is 1. The second-order valence-electron chi connectivity index (χ2n) is 5.21. The van der Waals surface area contributed by atoms with Crippen LogP contribution in [-0.4, -0.2) is 25.4 Å². The first kappa shape index (κ1) is 15.8. The zero-order valence-corrected chi connectivity index (χ0v) is 13.3. The Labute approximate surface area is 135 Å². The summed E-state index contributed by atoms with van der Waals surface area (Å²) in [6, 6.07) is 13.0. The lowest BCUT2D eigenvalue weighted by Gasteiger charge is -2.15. The van der Waals surface area contributed by atoms with Crippen molar-refractivity contribution in [3.05, 3.63) is 54.2 Å². The molecule has 1 unspecified atom stereocenters. The van der Waals surface area contributed by atoms with Gasteiger partial charge < -0.3 is 9.47 Å². The van der Waals surface area contributed by atoms with Crippen molar-refractivity contribution in [2.75, 3.05) is 11.3 Å². The molecule has 0 saturated carbocycles. The Morgan fingerprint density at radius 2 is 2.04 bits per heavy atom. The van der Waals surface area contributed by atoms with Gasteiger partial charge in [0.15, 0.2) is 17.0 Å². The summed E-state index contributed by atoms with van der Waals surface area (Å²) in [6.45, 7) is 0.798. The van der Waals surface area contributed by atoms with Gasteiger partial charge in [-0.05, 0) is 30.5 Å².